The highest BCUT2D eigenvalue weighted by Gasteiger charge is 2.37. The number of hydrogen-bond acceptors (Lipinski definition) is 10. The van der Waals surface area contributed by atoms with E-state index < -0.39 is 29.8 Å². The second-order valence-electron chi connectivity index (χ2n) is 9.04. The van der Waals surface area contributed by atoms with Crippen molar-refractivity contribution in [3.8, 4) is 5.75 Å². The number of aromatic nitrogens is 1. The molecule has 0 bridgehead atoms. The average Bonchev–Trinajstić information content (AvgIpc) is 3.36. The van der Waals surface area contributed by atoms with Crippen LogP contribution in [0.15, 0.2) is 57.1 Å². The van der Waals surface area contributed by atoms with E-state index in [2.05, 4.69) is 21.2 Å². The number of methoxy groups -OCH3 is 1. The summed E-state index contributed by atoms with van der Waals surface area (Å²) in [5, 5.41) is 13.6. The van der Waals surface area contributed by atoms with Crippen molar-refractivity contribution in [1.29, 1.82) is 0 Å². The van der Waals surface area contributed by atoms with E-state index in [-0.39, 0.29) is 25.3 Å². The Morgan fingerprint density at radius 1 is 1.30 bits per heavy atom. The first-order valence-electron chi connectivity index (χ1n) is 12.5. The molecule has 2 N–H and O–H groups in total. The van der Waals surface area contributed by atoms with Crippen LogP contribution in [0.1, 0.15) is 23.5 Å². The fourth-order valence-corrected chi connectivity index (χ4v) is 6.13. The number of aliphatic carboxylic acids is 1. The zero-order valence-corrected chi connectivity index (χ0v) is 24.1. The molecule has 0 amide bonds. The summed E-state index contributed by atoms with van der Waals surface area (Å²) in [6, 6.07) is 7.91. The number of benzene rings is 2. The molecule has 5 rings (SSSR count). The number of morpholine rings is 1. The summed E-state index contributed by atoms with van der Waals surface area (Å²) in [5.74, 6) is -1.01. The van der Waals surface area contributed by atoms with Crippen LogP contribution in [0.25, 0.3) is 10.2 Å². The number of halogens is 2. The molecule has 10 nitrogen and oxygen atoms in total. The molecule has 2 aromatic carbocycles. The maximum absolute atomic E-state index is 14.0. The number of amidine groups is 1. The van der Waals surface area contributed by atoms with Gasteiger partial charge in [0, 0.05) is 23.3 Å². The summed E-state index contributed by atoms with van der Waals surface area (Å²) in [4.78, 5) is 36.8. The summed E-state index contributed by atoms with van der Waals surface area (Å²) in [6.07, 6.45) is 0. The van der Waals surface area contributed by atoms with E-state index in [0.717, 1.165) is 10.2 Å². The minimum absolute atomic E-state index is 0.0188. The third-order valence-corrected chi connectivity index (χ3v) is 8.27. The van der Waals surface area contributed by atoms with Crippen LogP contribution in [0, 0.1) is 5.82 Å². The lowest BCUT2D eigenvalue weighted by Crippen LogP contribution is -2.52. The third-order valence-electron chi connectivity index (χ3n) is 6.56. The van der Waals surface area contributed by atoms with Gasteiger partial charge in [-0.05, 0) is 42.8 Å². The number of esters is 1. The van der Waals surface area contributed by atoms with Gasteiger partial charge in [0.1, 0.15) is 23.7 Å². The van der Waals surface area contributed by atoms with Crippen LogP contribution >= 0.6 is 27.3 Å². The fourth-order valence-electron chi connectivity index (χ4n) is 4.62. The van der Waals surface area contributed by atoms with Crippen molar-refractivity contribution in [1.82, 2.24) is 15.2 Å². The normalized spacial score (nSPS) is 19.8. The van der Waals surface area contributed by atoms with Gasteiger partial charge in [-0.1, -0.05) is 22.0 Å². The molecule has 13 heteroatoms. The van der Waals surface area contributed by atoms with Gasteiger partial charge in [-0.25, -0.2) is 14.2 Å². The Hall–Kier alpha value is -3.39. The fraction of sp³-hybridized carbons (Fsp3) is 0.333. The molecule has 2 atom stereocenters. The Morgan fingerprint density at radius 2 is 2.12 bits per heavy atom. The molecule has 1 saturated heterocycles. The van der Waals surface area contributed by atoms with Crippen molar-refractivity contribution in [2.45, 2.75) is 19.0 Å². The van der Waals surface area contributed by atoms with Crippen LogP contribution in [-0.4, -0.2) is 78.8 Å². The zero-order chi connectivity index (χ0) is 28.4. The van der Waals surface area contributed by atoms with E-state index in [9.17, 15) is 19.1 Å². The number of carbonyl (C=O) groups is 2. The van der Waals surface area contributed by atoms with Crippen LogP contribution in [0.4, 0.5) is 4.39 Å². The van der Waals surface area contributed by atoms with Gasteiger partial charge in [0.05, 0.1) is 42.7 Å². The molecule has 3 heterocycles. The number of nitrogens with one attached hydrogen (secondary N) is 1. The van der Waals surface area contributed by atoms with Crippen LogP contribution in [0.5, 0.6) is 5.75 Å². The minimum Gasteiger partial charge on any atom is -0.497 e. The van der Waals surface area contributed by atoms with Crippen molar-refractivity contribution >= 4 is 55.3 Å². The van der Waals surface area contributed by atoms with Gasteiger partial charge in [0.25, 0.3) is 0 Å². The van der Waals surface area contributed by atoms with Crippen molar-refractivity contribution in [3.05, 3.63) is 68.5 Å². The van der Waals surface area contributed by atoms with E-state index in [0.29, 0.717) is 45.5 Å². The van der Waals surface area contributed by atoms with Crippen LogP contribution in [-0.2, 0) is 19.1 Å². The Balaban J connectivity index is 1.65. The number of carboxylic acid groups (broad SMARTS) is 1. The van der Waals surface area contributed by atoms with Gasteiger partial charge in [-0.15, -0.1) is 11.3 Å². The molecule has 0 radical (unpaired) electrons. The van der Waals surface area contributed by atoms with Gasteiger partial charge in [0.15, 0.2) is 10.8 Å². The summed E-state index contributed by atoms with van der Waals surface area (Å²) >= 11 is 4.82. The Morgan fingerprint density at radius 3 is 2.85 bits per heavy atom. The molecule has 1 aromatic heterocycles. The highest BCUT2D eigenvalue weighted by molar-refractivity contribution is 9.10. The van der Waals surface area contributed by atoms with Gasteiger partial charge in [-0.3, -0.25) is 14.7 Å². The van der Waals surface area contributed by atoms with Crippen LogP contribution in [0.3, 0.4) is 0 Å². The van der Waals surface area contributed by atoms with Gasteiger partial charge >= 0.3 is 11.9 Å². The largest absolute Gasteiger partial charge is 0.497 e. The van der Waals surface area contributed by atoms with Crippen molar-refractivity contribution in [2.24, 2.45) is 4.99 Å². The maximum Gasteiger partial charge on any atom is 0.338 e. The maximum atomic E-state index is 14.0. The zero-order valence-electron chi connectivity index (χ0n) is 21.6. The molecule has 0 aliphatic carbocycles. The molecular weight excluding hydrogens is 607 g/mol. The van der Waals surface area contributed by atoms with E-state index in [4.69, 9.17) is 24.2 Å². The summed E-state index contributed by atoms with van der Waals surface area (Å²) in [6.45, 7) is 2.62. The highest BCUT2D eigenvalue weighted by atomic mass is 79.9. The summed E-state index contributed by atoms with van der Waals surface area (Å²) in [5.41, 5.74) is 1.91. The second-order valence-corrected chi connectivity index (χ2v) is 10.9. The van der Waals surface area contributed by atoms with Crippen LogP contribution in [0.2, 0.25) is 0 Å². The third kappa shape index (κ3) is 5.73. The molecule has 3 aromatic rings. The first-order valence-corrected chi connectivity index (χ1v) is 14.1. The van der Waals surface area contributed by atoms with Crippen molar-refractivity contribution < 1.29 is 33.3 Å². The minimum atomic E-state index is -1.03. The standard InChI is InChI=1S/C27H26BrFN4O6S/c1-3-39-27(36)22-19(12-33-8-9-38-13-20(33)26(34)35)30-24(32-23(22)16-6-4-14(29)10-17(16)28)25-31-18-7-5-15(37-2)11-21(18)40-25/h4-7,10-11,20,23H,3,8-9,12-13H2,1-2H3,(H,30,32)(H,34,35). The summed E-state index contributed by atoms with van der Waals surface area (Å²) < 4.78 is 31.5. The lowest BCUT2D eigenvalue weighted by atomic mass is 9.95. The number of thiazole rings is 1. The SMILES string of the molecule is CCOC(=O)C1=C(CN2CCOCC2C(=O)O)NC(c2nc3ccc(OC)cc3s2)=NC1c1ccc(F)cc1Br. The summed E-state index contributed by atoms with van der Waals surface area (Å²) in [7, 11) is 1.59. The average molecular weight is 633 g/mol. The number of fused-ring (bicyclic) bond motifs is 1. The molecule has 2 aliphatic rings. The van der Waals surface area contributed by atoms with Gasteiger partial charge < -0.3 is 24.6 Å². The molecule has 0 spiro atoms. The number of hydrogen-bond donors (Lipinski definition) is 2. The Labute approximate surface area is 241 Å². The number of carboxylic acids is 1. The Bertz CT molecular complexity index is 1530. The number of ether oxygens (including phenoxy) is 3. The van der Waals surface area contributed by atoms with Crippen molar-refractivity contribution in [2.75, 3.05) is 40.0 Å². The first kappa shape index (κ1) is 28.1. The van der Waals surface area contributed by atoms with E-state index in [1.807, 2.05) is 18.2 Å². The molecule has 2 unspecified atom stereocenters. The van der Waals surface area contributed by atoms with E-state index in [1.165, 1.54) is 23.5 Å². The Kier molecular flexibility index (Phi) is 8.45. The molecular formula is C27H26BrFN4O6S. The number of nitrogens with zero attached hydrogens (tertiary/aromatic N) is 3. The lowest BCUT2D eigenvalue weighted by Gasteiger charge is -2.35. The molecule has 0 saturated carbocycles. The number of carbonyl (C=O) groups excluding carboxylic acids is 1. The number of rotatable bonds is 8. The van der Waals surface area contributed by atoms with Crippen molar-refractivity contribution in [3.63, 3.8) is 0 Å². The molecule has 1 fully saturated rings. The second kappa shape index (κ2) is 12.0. The van der Waals surface area contributed by atoms with E-state index >= 15 is 0 Å². The van der Waals surface area contributed by atoms with E-state index in [1.54, 1.807) is 25.0 Å². The molecule has 2 aliphatic heterocycles. The predicted molar refractivity (Wildman–Crippen MR) is 150 cm³/mol. The van der Waals surface area contributed by atoms with Gasteiger partial charge in [-0.2, -0.15) is 0 Å². The monoisotopic (exact) mass is 632 g/mol. The predicted octanol–water partition coefficient (Wildman–Crippen LogP) is 3.90. The van der Waals surface area contributed by atoms with Gasteiger partial charge in [0.2, 0.25) is 0 Å². The topological polar surface area (TPSA) is 123 Å². The first-order chi connectivity index (χ1) is 19.3. The van der Waals surface area contributed by atoms with Crippen LogP contribution < -0.4 is 10.1 Å². The molecule has 40 heavy (non-hydrogen) atoms. The smallest absolute Gasteiger partial charge is 0.338 e. The molecule has 210 valence electrons. The quantitative estimate of drug-likeness (QED) is 0.356. The number of aliphatic imine (C=N–C) groups is 1. The highest BCUT2D eigenvalue weighted by Crippen LogP contribution is 2.38. The lowest BCUT2D eigenvalue weighted by molar-refractivity contribution is -0.149.